The van der Waals surface area contributed by atoms with Crippen LogP contribution in [0.2, 0.25) is 0 Å². The molecule has 8 nitrogen and oxygen atoms in total. The Morgan fingerprint density at radius 1 is 1.28 bits per heavy atom. The van der Waals surface area contributed by atoms with Crippen molar-refractivity contribution in [1.29, 1.82) is 0 Å². The Labute approximate surface area is 145 Å². The lowest BCUT2D eigenvalue weighted by molar-refractivity contribution is -0.384. The van der Waals surface area contributed by atoms with Crippen molar-refractivity contribution in [3.63, 3.8) is 0 Å². The minimum atomic E-state index is -0.508. The summed E-state index contributed by atoms with van der Waals surface area (Å²) in [6.07, 6.45) is 2.15. The number of amides is 1. The van der Waals surface area contributed by atoms with Gasteiger partial charge in [0, 0.05) is 23.6 Å². The van der Waals surface area contributed by atoms with E-state index in [9.17, 15) is 14.9 Å². The molecule has 0 bridgehead atoms. The summed E-state index contributed by atoms with van der Waals surface area (Å²) in [5.74, 6) is 1.11. The summed E-state index contributed by atoms with van der Waals surface area (Å²) >= 11 is 1.39. The number of hydrogen-bond acceptors (Lipinski definition) is 7. The Bertz CT molecular complexity index is 943. The fraction of sp³-hybridized carbons (Fsp3) is 0.188. The number of aromatic nitrogens is 2. The van der Waals surface area contributed by atoms with Crippen LogP contribution < -0.4 is 5.32 Å². The highest BCUT2D eigenvalue weighted by Crippen LogP contribution is 2.40. The van der Waals surface area contributed by atoms with Crippen molar-refractivity contribution in [1.82, 2.24) is 10.1 Å². The average molecular weight is 356 g/mol. The van der Waals surface area contributed by atoms with Gasteiger partial charge < -0.3 is 9.84 Å². The van der Waals surface area contributed by atoms with Crippen LogP contribution >= 0.6 is 11.3 Å². The number of anilines is 1. The molecule has 25 heavy (non-hydrogen) atoms. The molecule has 2 aromatic heterocycles. The fourth-order valence-corrected chi connectivity index (χ4v) is 3.11. The molecule has 1 amide bonds. The van der Waals surface area contributed by atoms with Crippen LogP contribution in [0.5, 0.6) is 0 Å². The van der Waals surface area contributed by atoms with E-state index >= 15 is 0 Å². The van der Waals surface area contributed by atoms with Crippen molar-refractivity contribution in [3.8, 4) is 10.8 Å². The number of hydrogen-bond donors (Lipinski definition) is 1. The third-order valence-corrected chi connectivity index (χ3v) is 4.73. The predicted molar refractivity (Wildman–Crippen MR) is 90.6 cm³/mol. The molecular weight excluding hydrogens is 344 g/mol. The maximum atomic E-state index is 12.4. The Balaban J connectivity index is 1.53. The fourth-order valence-electron chi connectivity index (χ4n) is 2.34. The molecule has 1 aliphatic carbocycles. The van der Waals surface area contributed by atoms with Crippen LogP contribution in [0.15, 0.2) is 40.2 Å². The Morgan fingerprint density at radius 3 is 2.72 bits per heavy atom. The second-order valence-corrected chi connectivity index (χ2v) is 6.57. The number of benzene rings is 1. The van der Waals surface area contributed by atoms with Crippen molar-refractivity contribution < 1.29 is 14.2 Å². The molecule has 0 radical (unpaired) electrons. The normalized spacial score (nSPS) is 13.6. The van der Waals surface area contributed by atoms with Crippen LogP contribution in [0.1, 0.15) is 34.9 Å². The maximum Gasteiger partial charge on any atom is 0.270 e. The first-order chi connectivity index (χ1) is 12.1. The smallest absolute Gasteiger partial charge is 0.270 e. The van der Waals surface area contributed by atoms with Gasteiger partial charge in [-0.3, -0.25) is 14.9 Å². The van der Waals surface area contributed by atoms with Crippen molar-refractivity contribution in [3.05, 3.63) is 57.2 Å². The van der Waals surface area contributed by atoms with E-state index in [4.69, 9.17) is 4.52 Å². The average Bonchev–Trinajstić information content (AvgIpc) is 3.16. The van der Waals surface area contributed by atoms with E-state index in [1.165, 1.54) is 35.6 Å². The number of rotatable bonds is 5. The van der Waals surface area contributed by atoms with Gasteiger partial charge in [-0.25, -0.2) is 0 Å². The van der Waals surface area contributed by atoms with Crippen molar-refractivity contribution >= 4 is 28.6 Å². The molecule has 2 heterocycles. The summed E-state index contributed by atoms with van der Waals surface area (Å²) in [5, 5.41) is 19.3. The summed E-state index contributed by atoms with van der Waals surface area (Å²) < 4.78 is 5.30. The third-order valence-electron chi connectivity index (χ3n) is 3.83. The van der Waals surface area contributed by atoms with Gasteiger partial charge in [-0.2, -0.15) is 4.98 Å². The second kappa shape index (κ2) is 6.10. The van der Waals surface area contributed by atoms with Crippen LogP contribution in [0, 0.1) is 10.1 Å². The van der Waals surface area contributed by atoms with E-state index in [0.29, 0.717) is 33.8 Å². The van der Waals surface area contributed by atoms with Gasteiger partial charge in [0.25, 0.3) is 17.5 Å². The Kier molecular flexibility index (Phi) is 3.77. The summed E-state index contributed by atoms with van der Waals surface area (Å²) in [7, 11) is 0. The maximum absolute atomic E-state index is 12.4. The van der Waals surface area contributed by atoms with E-state index in [-0.39, 0.29) is 11.6 Å². The molecule has 126 valence electrons. The molecule has 1 aromatic carbocycles. The van der Waals surface area contributed by atoms with Gasteiger partial charge in [0.2, 0.25) is 0 Å². The minimum Gasteiger partial charge on any atom is -0.333 e. The quantitative estimate of drug-likeness (QED) is 0.549. The summed E-state index contributed by atoms with van der Waals surface area (Å²) in [6, 6.07) is 7.17. The molecule has 1 saturated carbocycles. The van der Waals surface area contributed by atoms with Gasteiger partial charge >= 0.3 is 0 Å². The number of nitrogens with one attached hydrogen (secondary N) is 1. The first-order valence-corrected chi connectivity index (χ1v) is 8.47. The number of carbonyl (C=O) groups is 1. The van der Waals surface area contributed by atoms with E-state index in [1.54, 1.807) is 6.07 Å². The highest BCUT2D eigenvalue weighted by molar-refractivity contribution is 7.14. The Hall–Kier alpha value is -3.07. The molecule has 0 unspecified atom stereocenters. The molecule has 9 heteroatoms. The van der Waals surface area contributed by atoms with Crippen LogP contribution in [-0.4, -0.2) is 21.0 Å². The molecule has 1 aliphatic rings. The molecular formula is C16H12N4O4S. The number of thiophene rings is 1. The summed E-state index contributed by atoms with van der Waals surface area (Å²) in [4.78, 5) is 27.6. The van der Waals surface area contributed by atoms with E-state index in [2.05, 4.69) is 15.5 Å². The Morgan fingerprint density at radius 2 is 2.04 bits per heavy atom. The van der Waals surface area contributed by atoms with E-state index in [0.717, 1.165) is 12.8 Å². The zero-order valence-electron chi connectivity index (χ0n) is 12.8. The van der Waals surface area contributed by atoms with Crippen LogP contribution in [-0.2, 0) is 0 Å². The standard InChI is InChI=1S/C16H12N4O4S/c21-15(10-3-5-11(6-4-10)20(22)23)17-12-7-8-25-13(12)16-18-14(19-24-16)9-1-2-9/h3-9H,1-2H2,(H,17,21). The lowest BCUT2D eigenvalue weighted by Crippen LogP contribution is -2.11. The van der Waals surface area contributed by atoms with E-state index in [1.807, 2.05) is 5.38 Å². The molecule has 0 saturated heterocycles. The van der Waals surface area contributed by atoms with Gasteiger partial charge in [-0.15, -0.1) is 11.3 Å². The molecule has 0 atom stereocenters. The topological polar surface area (TPSA) is 111 Å². The van der Waals surface area contributed by atoms with Crippen LogP contribution in [0.25, 0.3) is 10.8 Å². The molecule has 1 fully saturated rings. The summed E-state index contributed by atoms with van der Waals surface area (Å²) in [6.45, 7) is 0. The molecule has 1 N–H and O–H groups in total. The van der Waals surface area contributed by atoms with E-state index < -0.39 is 4.92 Å². The second-order valence-electron chi connectivity index (χ2n) is 5.65. The monoisotopic (exact) mass is 356 g/mol. The number of nitro groups is 1. The first kappa shape index (κ1) is 15.5. The highest BCUT2D eigenvalue weighted by Gasteiger charge is 2.29. The van der Waals surface area contributed by atoms with Gasteiger partial charge in [0.1, 0.15) is 4.88 Å². The predicted octanol–water partition coefficient (Wildman–Crippen LogP) is 3.84. The number of nitro benzene ring substituents is 1. The van der Waals surface area contributed by atoms with Crippen molar-refractivity contribution in [2.24, 2.45) is 0 Å². The van der Waals surface area contributed by atoms with Gasteiger partial charge in [-0.1, -0.05) is 5.16 Å². The van der Waals surface area contributed by atoms with Crippen LogP contribution in [0.4, 0.5) is 11.4 Å². The molecule has 4 rings (SSSR count). The first-order valence-electron chi connectivity index (χ1n) is 7.59. The van der Waals surface area contributed by atoms with Crippen molar-refractivity contribution in [2.75, 3.05) is 5.32 Å². The lowest BCUT2D eigenvalue weighted by Gasteiger charge is -2.04. The minimum absolute atomic E-state index is 0.0637. The van der Waals surface area contributed by atoms with Crippen LogP contribution in [0.3, 0.4) is 0 Å². The molecule has 3 aromatic rings. The zero-order valence-corrected chi connectivity index (χ0v) is 13.7. The van der Waals surface area contributed by atoms with Gasteiger partial charge in [0.15, 0.2) is 5.82 Å². The van der Waals surface area contributed by atoms with Crippen molar-refractivity contribution in [2.45, 2.75) is 18.8 Å². The SMILES string of the molecule is O=C(Nc1ccsc1-c1nc(C2CC2)no1)c1ccc([N+](=O)[O-])cc1. The largest absolute Gasteiger partial charge is 0.333 e. The van der Waals surface area contributed by atoms with Gasteiger partial charge in [0.05, 0.1) is 10.6 Å². The third kappa shape index (κ3) is 3.13. The highest BCUT2D eigenvalue weighted by atomic mass is 32.1. The number of nitrogens with zero attached hydrogens (tertiary/aromatic N) is 3. The zero-order chi connectivity index (χ0) is 17.4. The molecule has 0 aliphatic heterocycles. The number of non-ortho nitro benzene ring substituents is 1. The lowest BCUT2D eigenvalue weighted by atomic mass is 10.2. The molecule has 0 spiro atoms. The summed E-state index contributed by atoms with van der Waals surface area (Å²) in [5.41, 5.74) is 0.831. The van der Waals surface area contributed by atoms with Gasteiger partial charge in [-0.05, 0) is 36.4 Å². The number of carbonyl (C=O) groups excluding carboxylic acids is 1.